The smallest absolute Gasteiger partial charge is 0.0223 e. The molecule has 2 saturated heterocycles. The Bertz CT molecular complexity index is 298. The third-order valence-electron chi connectivity index (χ3n) is 5.92. The van der Waals surface area contributed by atoms with Crippen molar-refractivity contribution in [2.75, 3.05) is 46.3 Å². The van der Waals surface area contributed by atoms with E-state index in [1.165, 1.54) is 71.4 Å². The third-order valence-corrected chi connectivity index (χ3v) is 5.92. The predicted octanol–water partition coefficient (Wildman–Crippen LogP) is 1.79. The van der Waals surface area contributed by atoms with Crippen molar-refractivity contribution in [2.24, 2.45) is 11.3 Å². The average Bonchev–Trinajstić information content (AvgIpc) is 2.87. The number of likely N-dealkylation sites (N-methyl/N-ethyl adjacent to an activating group) is 2. The van der Waals surface area contributed by atoms with Gasteiger partial charge in [-0.15, -0.1) is 0 Å². The first-order valence-corrected chi connectivity index (χ1v) is 8.37. The Morgan fingerprint density at radius 2 is 2.05 bits per heavy atom. The molecular formula is C16H31N3. The summed E-state index contributed by atoms with van der Waals surface area (Å²) in [6, 6.07) is 0.831. The summed E-state index contributed by atoms with van der Waals surface area (Å²) >= 11 is 0. The number of piperidine rings is 1. The van der Waals surface area contributed by atoms with Crippen LogP contribution in [0, 0.1) is 11.3 Å². The van der Waals surface area contributed by atoms with Crippen molar-refractivity contribution < 1.29 is 0 Å². The van der Waals surface area contributed by atoms with Gasteiger partial charge in [0.05, 0.1) is 0 Å². The largest absolute Gasteiger partial charge is 0.317 e. The summed E-state index contributed by atoms with van der Waals surface area (Å²) in [5.41, 5.74) is 0.750. The Labute approximate surface area is 118 Å². The zero-order chi connectivity index (χ0) is 13.3. The fourth-order valence-corrected chi connectivity index (χ4v) is 4.56. The fraction of sp³-hybridized carbons (Fsp3) is 1.00. The van der Waals surface area contributed by atoms with Crippen LogP contribution in [0.3, 0.4) is 0 Å². The van der Waals surface area contributed by atoms with E-state index in [1.807, 2.05) is 0 Å². The van der Waals surface area contributed by atoms with Crippen LogP contribution in [-0.2, 0) is 0 Å². The topological polar surface area (TPSA) is 18.5 Å². The van der Waals surface area contributed by atoms with E-state index in [9.17, 15) is 0 Å². The molecule has 1 saturated carbocycles. The van der Waals surface area contributed by atoms with E-state index in [2.05, 4.69) is 29.1 Å². The zero-order valence-electron chi connectivity index (χ0n) is 12.8. The molecule has 0 aromatic rings. The van der Waals surface area contributed by atoms with Gasteiger partial charge >= 0.3 is 0 Å². The molecule has 3 heteroatoms. The lowest BCUT2D eigenvalue weighted by Crippen LogP contribution is -2.40. The Morgan fingerprint density at radius 3 is 2.79 bits per heavy atom. The molecule has 0 aromatic heterocycles. The molecule has 2 atom stereocenters. The Kier molecular flexibility index (Phi) is 4.16. The van der Waals surface area contributed by atoms with Gasteiger partial charge in [0.25, 0.3) is 0 Å². The summed E-state index contributed by atoms with van der Waals surface area (Å²) in [7, 11) is 2.35. The maximum absolute atomic E-state index is 3.51. The van der Waals surface area contributed by atoms with E-state index in [1.54, 1.807) is 0 Å². The lowest BCUT2D eigenvalue weighted by molar-refractivity contribution is 0.185. The Morgan fingerprint density at radius 1 is 1.26 bits per heavy atom. The number of likely N-dealkylation sites (tertiary alicyclic amines) is 1. The molecule has 2 heterocycles. The molecule has 0 radical (unpaired) electrons. The quantitative estimate of drug-likeness (QED) is 0.818. The van der Waals surface area contributed by atoms with Crippen LogP contribution in [0.2, 0.25) is 0 Å². The van der Waals surface area contributed by atoms with Gasteiger partial charge in [-0.3, -0.25) is 4.90 Å². The molecule has 3 rings (SSSR count). The van der Waals surface area contributed by atoms with Crippen LogP contribution in [0.1, 0.15) is 39.0 Å². The van der Waals surface area contributed by atoms with Crippen LogP contribution < -0.4 is 5.32 Å². The second-order valence-corrected chi connectivity index (χ2v) is 7.16. The molecule has 1 spiro atoms. The predicted molar refractivity (Wildman–Crippen MR) is 80.4 cm³/mol. The minimum atomic E-state index is 0.750. The maximum atomic E-state index is 3.51. The molecule has 1 N–H and O–H groups in total. The van der Waals surface area contributed by atoms with E-state index < -0.39 is 0 Å². The van der Waals surface area contributed by atoms with Gasteiger partial charge in [0.2, 0.25) is 0 Å². The molecule has 0 aromatic carbocycles. The molecule has 0 bridgehead atoms. The monoisotopic (exact) mass is 265 g/mol. The zero-order valence-corrected chi connectivity index (χ0v) is 12.8. The molecule has 2 unspecified atom stereocenters. The first-order valence-electron chi connectivity index (χ1n) is 8.37. The molecule has 2 aliphatic heterocycles. The summed E-state index contributed by atoms with van der Waals surface area (Å²) in [4.78, 5) is 5.30. The van der Waals surface area contributed by atoms with Crippen LogP contribution in [0.15, 0.2) is 0 Å². The molecule has 110 valence electrons. The summed E-state index contributed by atoms with van der Waals surface area (Å²) in [5.74, 6) is 0.996. The standard InChI is InChI=1S/C16H31N3/c1-3-19-10-4-5-15(19)13-18(2)12-14-11-16(14)6-8-17-9-7-16/h14-15,17H,3-13H2,1-2H3. The number of rotatable bonds is 5. The van der Waals surface area contributed by atoms with Crippen molar-refractivity contribution in [1.29, 1.82) is 0 Å². The van der Waals surface area contributed by atoms with Crippen molar-refractivity contribution >= 4 is 0 Å². The minimum absolute atomic E-state index is 0.750. The van der Waals surface area contributed by atoms with Gasteiger partial charge in [0.1, 0.15) is 0 Å². The highest BCUT2D eigenvalue weighted by Gasteiger charge is 2.53. The van der Waals surface area contributed by atoms with Gasteiger partial charge in [0.15, 0.2) is 0 Å². The molecule has 3 fully saturated rings. The summed E-state index contributed by atoms with van der Waals surface area (Å²) in [6.45, 7) is 10.0. The fourth-order valence-electron chi connectivity index (χ4n) is 4.56. The third kappa shape index (κ3) is 2.98. The second kappa shape index (κ2) is 5.71. The van der Waals surface area contributed by atoms with Gasteiger partial charge in [-0.05, 0) is 76.7 Å². The SMILES string of the molecule is CCN1CCCC1CN(C)CC1CC12CCNCC2. The van der Waals surface area contributed by atoms with Crippen LogP contribution in [-0.4, -0.2) is 62.2 Å². The Hall–Kier alpha value is -0.120. The van der Waals surface area contributed by atoms with E-state index in [-0.39, 0.29) is 0 Å². The molecule has 3 nitrogen and oxygen atoms in total. The van der Waals surface area contributed by atoms with Crippen molar-refractivity contribution in [3.05, 3.63) is 0 Å². The summed E-state index contributed by atoms with van der Waals surface area (Å²) in [6.07, 6.45) is 7.18. The van der Waals surface area contributed by atoms with Crippen LogP contribution in [0.25, 0.3) is 0 Å². The number of nitrogens with zero attached hydrogens (tertiary/aromatic N) is 2. The van der Waals surface area contributed by atoms with E-state index >= 15 is 0 Å². The summed E-state index contributed by atoms with van der Waals surface area (Å²) in [5, 5.41) is 3.51. The Balaban J connectivity index is 1.43. The highest BCUT2D eigenvalue weighted by molar-refractivity contribution is 5.05. The van der Waals surface area contributed by atoms with E-state index in [0.29, 0.717) is 0 Å². The van der Waals surface area contributed by atoms with Gasteiger partial charge in [0, 0.05) is 19.1 Å². The van der Waals surface area contributed by atoms with Crippen LogP contribution >= 0.6 is 0 Å². The lowest BCUT2D eigenvalue weighted by Gasteiger charge is -2.29. The van der Waals surface area contributed by atoms with Crippen molar-refractivity contribution in [3.63, 3.8) is 0 Å². The number of hydrogen-bond donors (Lipinski definition) is 1. The maximum Gasteiger partial charge on any atom is 0.0223 e. The second-order valence-electron chi connectivity index (χ2n) is 7.16. The highest BCUT2D eigenvalue weighted by Crippen LogP contribution is 2.58. The molecular weight excluding hydrogens is 234 g/mol. The van der Waals surface area contributed by atoms with Crippen LogP contribution in [0.5, 0.6) is 0 Å². The van der Waals surface area contributed by atoms with Crippen molar-refractivity contribution in [3.8, 4) is 0 Å². The normalized spacial score (nSPS) is 34.3. The number of nitrogens with one attached hydrogen (secondary N) is 1. The van der Waals surface area contributed by atoms with Crippen molar-refractivity contribution in [2.45, 2.75) is 45.1 Å². The van der Waals surface area contributed by atoms with E-state index in [4.69, 9.17) is 0 Å². The van der Waals surface area contributed by atoms with Gasteiger partial charge < -0.3 is 10.2 Å². The molecule has 0 amide bonds. The summed E-state index contributed by atoms with van der Waals surface area (Å²) < 4.78 is 0. The minimum Gasteiger partial charge on any atom is -0.317 e. The average molecular weight is 265 g/mol. The van der Waals surface area contributed by atoms with Gasteiger partial charge in [-0.25, -0.2) is 0 Å². The molecule has 3 aliphatic rings. The number of hydrogen-bond acceptors (Lipinski definition) is 3. The van der Waals surface area contributed by atoms with Gasteiger partial charge in [-0.1, -0.05) is 6.92 Å². The van der Waals surface area contributed by atoms with Crippen molar-refractivity contribution in [1.82, 2.24) is 15.1 Å². The first kappa shape index (κ1) is 13.8. The van der Waals surface area contributed by atoms with E-state index in [0.717, 1.165) is 17.4 Å². The highest BCUT2D eigenvalue weighted by atomic mass is 15.2. The van der Waals surface area contributed by atoms with Crippen LogP contribution in [0.4, 0.5) is 0 Å². The molecule has 19 heavy (non-hydrogen) atoms. The molecule has 1 aliphatic carbocycles. The van der Waals surface area contributed by atoms with Gasteiger partial charge in [-0.2, -0.15) is 0 Å². The first-order chi connectivity index (χ1) is 9.23. The lowest BCUT2D eigenvalue weighted by atomic mass is 9.92.